The lowest BCUT2D eigenvalue weighted by Gasteiger charge is -2.64. The van der Waals surface area contributed by atoms with Crippen LogP contribution >= 0.6 is 0 Å². The van der Waals surface area contributed by atoms with Crippen molar-refractivity contribution in [2.24, 2.45) is 31.3 Å². The Kier molecular flexibility index (Phi) is 8.96. The third-order valence-electron chi connectivity index (χ3n) is 11.3. The lowest BCUT2D eigenvalue weighted by atomic mass is 9.43. The Morgan fingerprint density at radius 2 is 1.75 bits per heavy atom. The standard InChI is InChI=1S/C32H50BN7O4/c1-31(2)23-18-24(31)32(3)25(19-23)43-33(44-32)26-10-9-15-40(26)30(42)20-36-29(41)11-7-6-8-14-39(21-27-34-12-16-37(27)4)22-28-35-13-17-38(28)5/h12-13,16-17,23-26H,6-11,14-15,18-22H2,1-5H3,(H,36,41)/t23-,24?,25+,26?,32-/m0/s1. The molecule has 5 fully saturated rings. The van der Waals surface area contributed by atoms with Crippen LogP contribution in [0, 0.1) is 17.3 Å². The van der Waals surface area contributed by atoms with Crippen LogP contribution < -0.4 is 5.32 Å². The summed E-state index contributed by atoms with van der Waals surface area (Å²) in [6, 6.07) is 0. The second-order valence-corrected chi connectivity index (χ2v) is 14.3. The number of aryl methyl sites for hydroxylation is 2. The van der Waals surface area contributed by atoms with Gasteiger partial charge in [0.2, 0.25) is 11.8 Å². The number of hydrogen-bond acceptors (Lipinski definition) is 7. The molecule has 2 aromatic rings. The minimum Gasteiger partial charge on any atom is -0.404 e. The molecule has 2 saturated heterocycles. The zero-order chi connectivity index (χ0) is 31.1. The molecule has 0 spiro atoms. The van der Waals surface area contributed by atoms with Crippen LogP contribution in [-0.4, -0.2) is 85.1 Å². The van der Waals surface area contributed by atoms with Gasteiger partial charge in [-0.1, -0.05) is 20.3 Å². The van der Waals surface area contributed by atoms with Crippen LogP contribution in [0.1, 0.15) is 83.8 Å². The molecule has 1 N–H and O–H groups in total. The first-order chi connectivity index (χ1) is 21.1. The molecule has 5 aliphatic rings. The van der Waals surface area contributed by atoms with E-state index < -0.39 is 0 Å². The summed E-state index contributed by atoms with van der Waals surface area (Å²) < 4.78 is 17.3. The Labute approximate surface area is 262 Å². The Bertz CT molecular complexity index is 1290. The number of rotatable bonds is 13. The Balaban J connectivity index is 0.918. The quantitative estimate of drug-likeness (QED) is 0.276. The molecule has 5 atom stereocenters. The maximum atomic E-state index is 13.2. The first kappa shape index (κ1) is 31.3. The van der Waals surface area contributed by atoms with Crippen molar-refractivity contribution >= 4 is 18.9 Å². The Hall–Kier alpha value is -2.70. The van der Waals surface area contributed by atoms with Gasteiger partial charge < -0.3 is 28.7 Å². The normalized spacial score (nSPS) is 28.8. The van der Waals surface area contributed by atoms with Crippen LogP contribution in [0.3, 0.4) is 0 Å². The number of carbonyl (C=O) groups is 2. The Morgan fingerprint density at radius 3 is 2.39 bits per heavy atom. The molecule has 2 unspecified atom stereocenters. The molecule has 7 rings (SSSR count). The number of likely N-dealkylation sites (tertiary alicyclic amines) is 1. The Morgan fingerprint density at radius 1 is 1.05 bits per heavy atom. The van der Waals surface area contributed by atoms with Crippen molar-refractivity contribution in [3.63, 3.8) is 0 Å². The average Bonchev–Trinajstić information content (AvgIpc) is 3.78. The molecule has 3 aliphatic carbocycles. The minimum atomic E-state index is -0.378. The van der Waals surface area contributed by atoms with E-state index in [9.17, 15) is 9.59 Å². The molecular weight excluding hydrogens is 557 g/mol. The molecule has 2 aliphatic heterocycles. The zero-order valence-electron chi connectivity index (χ0n) is 27.2. The molecule has 240 valence electrons. The number of aromatic nitrogens is 4. The molecule has 12 heteroatoms. The molecule has 3 saturated carbocycles. The summed E-state index contributed by atoms with van der Waals surface area (Å²) in [4.78, 5) is 39.1. The number of imidazole rings is 2. The van der Waals surface area contributed by atoms with E-state index in [4.69, 9.17) is 9.31 Å². The summed E-state index contributed by atoms with van der Waals surface area (Å²) >= 11 is 0. The lowest BCUT2D eigenvalue weighted by Crippen LogP contribution is -2.65. The number of carbonyl (C=O) groups excluding carboxylic acids is 2. The molecular formula is C32H50BN7O4. The predicted molar refractivity (Wildman–Crippen MR) is 167 cm³/mol. The van der Waals surface area contributed by atoms with Crippen LogP contribution in [0.15, 0.2) is 24.8 Å². The van der Waals surface area contributed by atoms with Crippen molar-refractivity contribution in [1.82, 2.24) is 34.2 Å². The topological polar surface area (TPSA) is 107 Å². The fourth-order valence-corrected chi connectivity index (χ4v) is 8.32. The summed E-state index contributed by atoms with van der Waals surface area (Å²) in [5.41, 5.74) is 0.0132. The van der Waals surface area contributed by atoms with Crippen LogP contribution in [-0.2, 0) is 46.1 Å². The second kappa shape index (κ2) is 12.6. The zero-order valence-corrected chi connectivity index (χ0v) is 27.2. The number of nitrogens with one attached hydrogen (secondary N) is 1. The highest BCUT2D eigenvalue weighted by atomic mass is 16.7. The van der Waals surface area contributed by atoms with E-state index in [2.05, 4.69) is 41.0 Å². The van der Waals surface area contributed by atoms with E-state index in [0.29, 0.717) is 24.8 Å². The first-order valence-corrected chi connectivity index (χ1v) is 16.6. The van der Waals surface area contributed by atoms with E-state index in [-0.39, 0.29) is 48.5 Å². The summed E-state index contributed by atoms with van der Waals surface area (Å²) in [5, 5.41) is 2.88. The number of unbranched alkanes of at least 4 members (excludes halogenated alkanes) is 2. The highest BCUT2D eigenvalue weighted by Gasteiger charge is 2.69. The highest BCUT2D eigenvalue weighted by Crippen LogP contribution is 2.65. The van der Waals surface area contributed by atoms with Crippen molar-refractivity contribution in [3.8, 4) is 0 Å². The van der Waals surface area contributed by atoms with Gasteiger partial charge in [0.15, 0.2) is 0 Å². The molecule has 2 aromatic heterocycles. The fraction of sp³-hybridized carbons (Fsp3) is 0.750. The maximum absolute atomic E-state index is 13.2. The molecule has 2 amide bonds. The van der Waals surface area contributed by atoms with Gasteiger partial charge in [-0.25, -0.2) is 9.97 Å². The minimum absolute atomic E-state index is 0.0294. The molecule has 44 heavy (non-hydrogen) atoms. The van der Waals surface area contributed by atoms with Gasteiger partial charge in [-0.2, -0.15) is 0 Å². The van der Waals surface area contributed by atoms with Crippen molar-refractivity contribution in [3.05, 3.63) is 36.4 Å². The third kappa shape index (κ3) is 6.09. The van der Waals surface area contributed by atoms with Gasteiger partial charge in [-0.05, 0) is 69.2 Å². The van der Waals surface area contributed by atoms with Crippen LogP contribution in [0.5, 0.6) is 0 Å². The first-order valence-electron chi connectivity index (χ1n) is 16.6. The molecule has 2 bridgehead atoms. The number of nitrogens with zero attached hydrogens (tertiary/aromatic N) is 6. The van der Waals surface area contributed by atoms with Gasteiger partial charge in [0.25, 0.3) is 0 Å². The second-order valence-electron chi connectivity index (χ2n) is 14.3. The van der Waals surface area contributed by atoms with Gasteiger partial charge >= 0.3 is 7.12 Å². The predicted octanol–water partition coefficient (Wildman–Crippen LogP) is 3.09. The van der Waals surface area contributed by atoms with Gasteiger partial charge in [0, 0.05) is 51.8 Å². The van der Waals surface area contributed by atoms with Gasteiger partial charge in [-0.3, -0.25) is 14.5 Å². The van der Waals surface area contributed by atoms with Crippen LogP contribution in [0.4, 0.5) is 0 Å². The SMILES string of the molecule is Cn1ccnc1CN(CCCCCC(=O)NCC(=O)N1CCCC1B1O[C@@H]2C[C@@H]3CC(C3(C)C)[C@]2(C)O1)Cc1nccn1C. The smallest absolute Gasteiger partial charge is 0.404 e. The molecule has 0 aromatic carbocycles. The van der Waals surface area contributed by atoms with Crippen molar-refractivity contribution in [2.45, 2.75) is 103 Å². The van der Waals surface area contributed by atoms with Gasteiger partial charge in [0.05, 0.1) is 37.3 Å². The van der Waals surface area contributed by atoms with Crippen LogP contribution in [0.25, 0.3) is 0 Å². The number of amides is 2. The van der Waals surface area contributed by atoms with E-state index in [1.807, 2.05) is 52.9 Å². The van der Waals surface area contributed by atoms with Crippen molar-refractivity contribution in [2.75, 3.05) is 19.6 Å². The fourth-order valence-electron chi connectivity index (χ4n) is 8.32. The average molecular weight is 608 g/mol. The summed E-state index contributed by atoms with van der Waals surface area (Å²) in [5.74, 6) is 3.03. The summed E-state index contributed by atoms with van der Waals surface area (Å²) in [7, 11) is 3.65. The van der Waals surface area contributed by atoms with E-state index in [1.165, 1.54) is 6.42 Å². The van der Waals surface area contributed by atoms with Crippen molar-refractivity contribution in [1.29, 1.82) is 0 Å². The maximum Gasteiger partial charge on any atom is 0.481 e. The number of hydrogen-bond donors (Lipinski definition) is 1. The van der Waals surface area contributed by atoms with Gasteiger partial charge in [0.1, 0.15) is 11.6 Å². The molecule has 0 radical (unpaired) electrons. The monoisotopic (exact) mass is 607 g/mol. The van der Waals surface area contributed by atoms with Crippen LogP contribution in [0.2, 0.25) is 0 Å². The van der Waals surface area contributed by atoms with Gasteiger partial charge in [-0.15, -0.1) is 0 Å². The molecule has 11 nitrogen and oxygen atoms in total. The molecule has 4 heterocycles. The summed E-state index contributed by atoms with van der Waals surface area (Å²) in [6.45, 7) is 10.0. The van der Waals surface area contributed by atoms with E-state index in [1.54, 1.807) is 0 Å². The highest BCUT2D eigenvalue weighted by molar-refractivity contribution is 6.48. The van der Waals surface area contributed by atoms with E-state index in [0.717, 1.165) is 69.8 Å². The third-order valence-corrected chi connectivity index (χ3v) is 11.3. The van der Waals surface area contributed by atoms with Crippen molar-refractivity contribution < 1.29 is 18.9 Å². The summed E-state index contributed by atoms with van der Waals surface area (Å²) in [6.07, 6.45) is 14.9. The largest absolute Gasteiger partial charge is 0.481 e. The van der Waals surface area contributed by atoms with E-state index >= 15 is 0 Å². The lowest BCUT2D eigenvalue weighted by molar-refractivity contribution is -0.199.